The zero-order valence-corrected chi connectivity index (χ0v) is 12.0. The van der Waals surface area contributed by atoms with Gasteiger partial charge in [0.25, 0.3) is 5.91 Å². The standard InChI is InChI=1S/C13H14ClN3OS/c1-8(15)13-17-11(7-19-13)12(18)16-6-9-2-4-10(14)5-3-9/h2-5,7-8H,6,15H2,1H3,(H,16,18). The van der Waals surface area contributed by atoms with Crippen LogP contribution in [0.5, 0.6) is 0 Å². The van der Waals surface area contributed by atoms with E-state index in [-0.39, 0.29) is 11.9 Å². The van der Waals surface area contributed by atoms with Crippen molar-refractivity contribution in [1.29, 1.82) is 0 Å². The van der Waals surface area contributed by atoms with Crippen LogP contribution in [0.2, 0.25) is 5.02 Å². The van der Waals surface area contributed by atoms with Crippen LogP contribution in [0.3, 0.4) is 0 Å². The molecule has 2 rings (SSSR count). The van der Waals surface area contributed by atoms with Crippen LogP contribution in [0.15, 0.2) is 29.6 Å². The number of hydrogen-bond donors (Lipinski definition) is 2. The average Bonchev–Trinajstić information content (AvgIpc) is 2.87. The van der Waals surface area contributed by atoms with Crippen LogP contribution in [0, 0.1) is 0 Å². The van der Waals surface area contributed by atoms with Gasteiger partial charge in [0.2, 0.25) is 0 Å². The molecule has 0 saturated carbocycles. The van der Waals surface area contributed by atoms with E-state index >= 15 is 0 Å². The second kappa shape index (κ2) is 6.14. The third kappa shape index (κ3) is 3.76. The number of benzene rings is 1. The first-order valence-corrected chi connectivity index (χ1v) is 7.05. The van der Waals surface area contributed by atoms with E-state index in [2.05, 4.69) is 10.3 Å². The van der Waals surface area contributed by atoms with Crippen LogP contribution in [0.1, 0.15) is 34.0 Å². The van der Waals surface area contributed by atoms with Crippen molar-refractivity contribution in [1.82, 2.24) is 10.3 Å². The van der Waals surface area contributed by atoms with Gasteiger partial charge in [0.1, 0.15) is 10.7 Å². The lowest BCUT2D eigenvalue weighted by atomic mass is 10.2. The number of halogens is 1. The van der Waals surface area contributed by atoms with Crippen molar-refractivity contribution in [2.45, 2.75) is 19.5 Å². The van der Waals surface area contributed by atoms with E-state index in [1.54, 1.807) is 17.5 Å². The Balaban J connectivity index is 1.95. The quantitative estimate of drug-likeness (QED) is 0.911. The first-order chi connectivity index (χ1) is 9.06. The first-order valence-electron chi connectivity index (χ1n) is 5.80. The smallest absolute Gasteiger partial charge is 0.271 e. The Kier molecular flexibility index (Phi) is 4.52. The number of rotatable bonds is 4. The molecule has 0 spiro atoms. The van der Waals surface area contributed by atoms with E-state index < -0.39 is 0 Å². The van der Waals surface area contributed by atoms with Gasteiger partial charge in [-0.05, 0) is 24.6 Å². The summed E-state index contributed by atoms with van der Waals surface area (Å²) in [5.74, 6) is -0.196. The molecule has 1 aromatic heterocycles. The lowest BCUT2D eigenvalue weighted by Crippen LogP contribution is -2.23. The summed E-state index contributed by atoms with van der Waals surface area (Å²) in [5.41, 5.74) is 7.11. The number of carbonyl (C=O) groups is 1. The Morgan fingerprint density at radius 1 is 1.47 bits per heavy atom. The van der Waals surface area contributed by atoms with Gasteiger partial charge in [0.15, 0.2) is 0 Å². The van der Waals surface area contributed by atoms with Gasteiger partial charge in [-0.1, -0.05) is 23.7 Å². The lowest BCUT2D eigenvalue weighted by molar-refractivity contribution is 0.0946. The van der Waals surface area contributed by atoms with Crippen LogP contribution in [-0.4, -0.2) is 10.9 Å². The predicted octanol–water partition coefficient (Wildman–Crippen LogP) is 2.75. The Morgan fingerprint density at radius 2 is 2.16 bits per heavy atom. The Hall–Kier alpha value is -1.43. The molecule has 0 radical (unpaired) electrons. The number of thiazole rings is 1. The molecule has 1 unspecified atom stereocenters. The van der Waals surface area contributed by atoms with E-state index in [9.17, 15) is 4.79 Å². The normalized spacial score (nSPS) is 12.2. The lowest BCUT2D eigenvalue weighted by Gasteiger charge is -2.03. The first kappa shape index (κ1) is 14.0. The molecular weight excluding hydrogens is 282 g/mol. The minimum absolute atomic E-state index is 0.150. The maximum Gasteiger partial charge on any atom is 0.271 e. The van der Waals surface area contributed by atoms with Crippen LogP contribution < -0.4 is 11.1 Å². The minimum Gasteiger partial charge on any atom is -0.347 e. The summed E-state index contributed by atoms with van der Waals surface area (Å²) in [4.78, 5) is 16.1. The van der Waals surface area contributed by atoms with Gasteiger partial charge in [-0.3, -0.25) is 4.79 Å². The molecule has 19 heavy (non-hydrogen) atoms. The summed E-state index contributed by atoms with van der Waals surface area (Å²) in [7, 11) is 0. The monoisotopic (exact) mass is 295 g/mol. The van der Waals surface area contributed by atoms with E-state index in [1.165, 1.54) is 11.3 Å². The third-order valence-electron chi connectivity index (χ3n) is 2.51. The molecule has 0 saturated heterocycles. The molecule has 0 aliphatic carbocycles. The number of amides is 1. The van der Waals surface area contributed by atoms with Crippen LogP contribution in [-0.2, 0) is 6.54 Å². The molecule has 1 heterocycles. The summed E-state index contributed by atoms with van der Waals surface area (Å²) in [5, 5.41) is 5.96. The fraction of sp³-hybridized carbons (Fsp3) is 0.231. The SMILES string of the molecule is CC(N)c1nc(C(=O)NCc2ccc(Cl)cc2)cs1. The van der Waals surface area contributed by atoms with Gasteiger partial charge >= 0.3 is 0 Å². The van der Waals surface area contributed by atoms with Gasteiger partial charge in [0.05, 0.1) is 6.04 Å². The van der Waals surface area contributed by atoms with Crippen molar-refractivity contribution in [3.63, 3.8) is 0 Å². The molecule has 1 aromatic carbocycles. The minimum atomic E-state index is -0.196. The van der Waals surface area contributed by atoms with Crippen LogP contribution >= 0.6 is 22.9 Å². The van der Waals surface area contributed by atoms with E-state index in [0.717, 1.165) is 10.6 Å². The number of nitrogens with two attached hydrogens (primary N) is 1. The topological polar surface area (TPSA) is 68.0 Å². The van der Waals surface area contributed by atoms with Gasteiger partial charge in [-0.2, -0.15) is 0 Å². The highest BCUT2D eigenvalue weighted by atomic mass is 35.5. The largest absolute Gasteiger partial charge is 0.347 e. The molecule has 0 aliphatic heterocycles. The maximum absolute atomic E-state index is 11.9. The molecule has 6 heteroatoms. The van der Waals surface area contributed by atoms with E-state index in [4.69, 9.17) is 17.3 Å². The third-order valence-corrected chi connectivity index (χ3v) is 3.81. The van der Waals surface area contributed by atoms with E-state index in [1.807, 2.05) is 19.1 Å². The number of aromatic nitrogens is 1. The fourth-order valence-electron chi connectivity index (χ4n) is 1.48. The second-order valence-corrected chi connectivity index (χ2v) is 5.49. The van der Waals surface area contributed by atoms with Crippen LogP contribution in [0.4, 0.5) is 0 Å². The number of hydrogen-bond acceptors (Lipinski definition) is 4. The molecular formula is C13H14ClN3OS. The Labute approximate surface area is 120 Å². The molecule has 1 atom stereocenters. The molecule has 100 valence electrons. The summed E-state index contributed by atoms with van der Waals surface area (Å²) in [6.07, 6.45) is 0. The molecule has 0 aliphatic rings. The molecule has 0 bridgehead atoms. The highest BCUT2D eigenvalue weighted by molar-refractivity contribution is 7.09. The summed E-state index contributed by atoms with van der Waals surface area (Å²) in [6.45, 7) is 2.29. The van der Waals surface area contributed by atoms with Crippen molar-refractivity contribution in [2.24, 2.45) is 5.73 Å². The van der Waals surface area contributed by atoms with Gasteiger partial charge in [-0.15, -0.1) is 11.3 Å². The van der Waals surface area contributed by atoms with Crippen molar-refractivity contribution in [3.05, 3.63) is 50.9 Å². The highest BCUT2D eigenvalue weighted by Gasteiger charge is 2.12. The fourth-order valence-corrected chi connectivity index (χ4v) is 2.36. The van der Waals surface area contributed by atoms with Crippen molar-refractivity contribution in [3.8, 4) is 0 Å². The van der Waals surface area contributed by atoms with Crippen molar-refractivity contribution >= 4 is 28.8 Å². The number of nitrogens with one attached hydrogen (secondary N) is 1. The predicted molar refractivity (Wildman–Crippen MR) is 77.3 cm³/mol. The second-order valence-electron chi connectivity index (χ2n) is 4.17. The highest BCUT2D eigenvalue weighted by Crippen LogP contribution is 2.16. The molecule has 3 N–H and O–H groups in total. The van der Waals surface area contributed by atoms with Crippen LogP contribution in [0.25, 0.3) is 0 Å². The number of carbonyl (C=O) groups excluding carboxylic acids is 1. The Morgan fingerprint density at radius 3 is 2.74 bits per heavy atom. The van der Waals surface area contributed by atoms with Gasteiger partial charge in [-0.25, -0.2) is 4.98 Å². The molecule has 1 amide bonds. The van der Waals surface area contributed by atoms with Crippen molar-refractivity contribution in [2.75, 3.05) is 0 Å². The van der Waals surface area contributed by atoms with Gasteiger partial charge < -0.3 is 11.1 Å². The zero-order valence-electron chi connectivity index (χ0n) is 10.4. The van der Waals surface area contributed by atoms with Gasteiger partial charge in [0, 0.05) is 16.9 Å². The van der Waals surface area contributed by atoms with Crippen molar-refractivity contribution < 1.29 is 4.79 Å². The Bertz CT molecular complexity index is 566. The summed E-state index contributed by atoms with van der Waals surface area (Å²) < 4.78 is 0. The number of nitrogens with zero attached hydrogens (tertiary/aromatic N) is 1. The summed E-state index contributed by atoms with van der Waals surface area (Å²) in [6, 6.07) is 7.18. The molecule has 2 aromatic rings. The molecule has 4 nitrogen and oxygen atoms in total. The molecule has 0 fully saturated rings. The van der Waals surface area contributed by atoms with E-state index in [0.29, 0.717) is 17.3 Å². The maximum atomic E-state index is 11.9. The zero-order chi connectivity index (χ0) is 13.8. The summed E-state index contributed by atoms with van der Waals surface area (Å²) >= 11 is 7.19. The average molecular weight is 296 g/mol.